The maximum absolute atomic E-state index is 12.8. The van der Waals surface area contributed by atoms with Crippen molar-refractivity contribution in [2.45, 2.75) is 56.5 Å². The van der Waals surface area contributed by atoms with E-state index in [1.165, 1.54) is 0 Å². The maximum atomic E-state index is 12.8. The molecule has 2 aliphatic rings. The number of hydrogen-bond acceptors (Lipinski definition) is 4. The van der Waals surface area contributed by atoms with Crippen LogP contribution in [0.5, 0.6) is 0 Å². The van der Waals surface area contributed by atoms with Crippen LogP contribution in [-0.2, 0) is 14.3 Å². The summed E-state index contributed by atoms with van der Waals surface area (Å²) in [7, 11) is 0. The highest BCUT2D eigenvalue weighted by Gasteiger charge is 2.32. The molecular formula is C28H30N2O5. The molecule has 0 radical (unpaired) electrons. The molecule has 1 saturated carbocycles. The normalized spacial score (nSPS) is 16.4. The molecule has 0 bridgehead atoms. The number of fused-ring (bicyclic) bond motifs is 3. The Morgan fingerprint density at radius 1 is 1.00 bits per heavy atom. The zero-order chi connectivity index (χ0) is 24.8. The monoisotopic (exact) mass is 474 g/mol. The highest BCUT2D eigenvalue weighted by molar-refractivity contribution is 5.84. The number of aliphatic carboxylic acids is 1. The summed E-state index contributed by atoms with van der Waals surface area (Å²) in [6, 6.07) is 14.7. The first-order chi connectivity index (χ1) is 17.0. The van der Waals surface area contributed by atoms with Crippen LogP contribution in [0.15, 0.2) is 48.5 Å². The van der Waals surface area contributed by atoms with Crippen molar-refractivity contribution in [3.8, 4) is 23.5 Å². The summed E-state index contributed by atoms with van der Waals surface area (Å²) in [5, 5.41) is 14.6. The summed E-state index contributed by atoms with van der Waals surface area (Å²) in [4.78, 5) is 36.7. The van der Waals surface area contributed by atoms with Gasteiger partial charge in [-0.2, -0.15) is 0 Å². The minimum absolute atomic E-state index is 0.0246. The van der Waals surface area contributed by atoms with Crippen molar-refractivity contribution >= 4 is 18.0 Å². The molecule has 4 rings (SSSR count). The van der Waals surface area contributed by atoms with Gasteiger partial charge in [-0.15, -0.1) is 12.3 Å². The smallest absolute Gasteiger partial charge is 0.407 e. The fourth-order valence-corrected chi connectivity index (χ4v) is 5.26. The molecule has 182 valence electrons. The third-order valence-electron chi connectivity index (χ3n) is 6.98. The zero-order valence-corrected chi connectivity index (χ0v) is 19.5. The number of rotatable bonds is 9. The second kappa shape index (κ2) is 11.1. The van der Waals surface area contributed by atoms with E-state index in [0.717, 1.165) is 47.9 Å². The van der Waals surface area contributed by atoms with Gasteiger partial charge in [-0.25, -0.2) is 9.59 Å². The molecule has 2 aliphatic carbocycles. The molecule has 2 aromatic rings. The Morgan fingerprint density at radius 2 is 1.60 bits per heavy atom. The summed E-state index contributed by atoms with van der Waals surface area (Å²) in [6.45, 7) is 0.187. The fourth-order valence-electron chi connectivity index (χ4n) is 5.26. The number of carboxylic acid groups (broad SMARTS) is 1. The molecular weight excluding hydrogens is 444 g/mol. The lowest BCUT2D eigenvalue weighted by atomic mass is 9.95. The Kier molecular flexibility index (Phi) is 7.71. The molecule has 2 amide bonds. The number of ether oxygens (including phenoxy) is 1. The lowest BCUT2D eigenvalue weighted by molar-refractivity contribution is -0.141. The van der Waals surface area contributed by atoms with Crippen molar-refractivity contribution in [2.75, 3.05) is 6.61 Å². The standard InChI is InChI=1S/C28H30N2O5/c1-2-9-24(27(32)33)29-26(31)16-25(18-10-3-4-11-18)30-28(34)35-17-23-21-14-7-5-12-19(21)20-13-6-8-15-22(20)23/h1,5-8,12-15,18,23-25H,3-4,9-11,16-17H2,(H,29,31)(H,30,34)(H,32,33). The minimum Gasteiger partial charge on any atom is -0.480 e. The van der Waals surface area contributed by atoms with Crippen LogP contribution in [0.25, 0.3) is 11.1 Å². The van der Waals surface area contributed by atoms with Gasteiger partial charge in [0.1, 0.15) is 12.6 Å². The second-order valence-corrected chi connectivity index (χ2v) is 9.19. The third kappa shape index (κ3) is 5.65. The number of carbonyl (C=O) groups excluding carboxylic acids is 2. The van der Waals surface area contributed by atoms with Crippen LogP contribution in [0.2, 0.25) is 0 Å². The first kappa shape index (κ1) is 24.3. The molecule has 0 aromatic heterocycles. The Hall–Kier alpha value is -3.79. The minimum atomic E-state index is -1.18. The van der Waals surface area contributed by atoms with E-state index in [1.807, 2.05) is 24.3 Å². The summed E-state index contributed by atoms with van der Waals surface area (Å²) >= 11 is 0. The summed E-state index contributed by atoms with van der Waals surface area (Å²) in [5.74, 6) is 0.712. The van der Waals surface area contributed by atoms with Crippen LogP contribution in [0.3, 0.4) is 0 Å². The first-order valence-electron chi connectivity index (χ1n) is 12.0. The second-order valence-electron chi connectivity index (χ2n) is 9.19. The molecule has 1 fully saturated rings. The van der Waals surface area contributed by atoms with Crippen molar-refractivity contribution < 1.29 is 24.2 Å². The van der Waals surface area contributed by atoms with E-state index < -0.39 is 30.1 Å². The predicted octanol–water partition coefficient (Wildman–Crippen LogP) is 4.07. The SMILES string of the molecule is C#CCC(NC(=O)CC(NC(=O)OCC1c2ccccc2-c2ccccc21)C1CCCC1)C(=O)O. The number of amides is 2. The van der Waals surface area contributed by atoms with Gasteiger partial charge in [0.2, 0.25) is 5.91 Å². The predicted molar refractivity (Wildman–Crippen MR) is 132 cm³/mol. The highest BCUT2D eigenvalue weighted by Crippen LogP contribution is 2.44. The largest absolute Gasteiger partial charge is 0.480 e. The topological polar surface area (TPSA) is 105 Å². The number of hydrogen-bond donors (Lipinski definition) is 3. The van der Waals surface area contributed by atoms with E-state index in [9.17, 15) is 19.5 Å². The zero-order valence-electron chi connectivity index (χ0n) is 19.5. The molecule has 0 heterocycles. The number of benzene rings is 2. The number of carboxylic acids is 1. The molecule has 7 nitrogen and oxygen atoms in total. The quantitative estimate of drug-likeness (QED) is 0.475. The number of nitrogens with one attached hydrogen (secondary N) is 2. The van der Waals surface area contributed by atoms with Crippen LogP contribution in [0, 0.1) is 18.3 Å². The van der Waals surface area contributed by atoms with Crippen LogP contribution >= 0.6 is 0 Å². The number of carbonyl (C=O) groups is 3. The van der Waals surface area contributed by atoms with E-state index in [-0.39, 0.29) is 31.3 Å². The average molecular weight is 475 g/mol. The molecule has 2 unspecified atom stereocenters. The Morgan fingerprint density at radius 3 is 2.17 bits per heavy atom. The van der Waals surface area contributed by atoms with Gasteiger partial charge in [-0.05, 0) is 41.0 Å². The van der Waals surface area contributed by atoms with Crippen LogP contribution < -0.4 is 10.6 Å². The van der Waals surface area contributed by atoms with Crippen molar-refractivity contribution in [2.24, 2.45) is 5.92 Å². The van der Waals surface area contributed by atoms with E-state index >= 15 is 0 Å². The van der Waals surface area contributed by atoms with Crippen molar-refractivity contribution in [3.05, 3.63) is 59.7 Å². The van der Waals surface area contributed by atoms with Gasteiger partial charge >= 0.3 is 12.1 Å². The van der Waals surface area contributed by atoms with Gasteiger partial charge in [-0.3, -0.25) is 4.79 Å². The van der Waals surface area contributed by atoms with Crippen molar-refractivity contribution in [1.29, 1.82) is 0 Å². The van der Waals surface area contributed by atoms with E-state index in [2.05, 4.69) is 40.8 Å². The van der Waals surface area contributed by atoms with E-state index in [0.29, 0.717) is 0 Å². The molecule has 3 N–H and O–H groups in total. The molecule has 0 spiro atoms. The Bertz CT molecular complexity index is 1090. The highest BCUT2D eigenvalue weighted by atomic mass is 16.5. The van der Waals surface area contributed by atoms with E-state index in [1.54, 1.807) is 0 Å². The fraction of sp³-hybridized carbons (Fsp3) is 0.393. The van der Waals surface area contributed by atoms with Crippen molar-refractivity contribution in [1.82, 2.24) is 10.6 Å². The first-order valence-corrected chi connectivity index (χ1v) is 12.0. The molecule has 35 heavy (non-hydrogen) atoms. The lowest BCUT2D eigenvalue weighted by Crippen LogP contribution is -2.46. The number of alkyl carbamates (subject to hydrolysis) is 1. The van der Waals surface area contributed by atoms with Gasteiger partial charge in [0, 0.05) is 24.8 Å². The van der Waals surface area contributed by atoms with Crippen molar-refractivity contribution in [3.63, 3.8) is 0 Å². The van der Waals surface area contributed by atoms with Gasteiger partial charge in [0.25, 0.3) is 0 Å². The number of terminal acetylenes is 1. The Labute approximate surface area is 205 Å². The van der Waals surface area contributed by atoms with Crippen LogP contribution in [0.1, 0.15) is 55.6 Å². The summed E-state index contributed by atoms with van der Waals surface area (Å²) in [6.07, 6.45) is 8.37. The molecule has 0 saturated heterocycles. The molecule has 2 aromatic carbocycles. The average Bonchev–Trinajstić information content (AvgIpc) is 3.49. The van der Waals surface area contributed by atoms with Crippen LogP contribution in [0.4, 0.5) is 4.79 Å². The lowest BCUT2D eigenvalue weighted by Gasteiger charge is -2.25. The third-order valence-corrected chi connectivity index (χ3v) is 6.98. The van der Waals surface area contributed by atoms with E-state index in [4.69, 9.17) is 11.2 Å². The van der Waals surface area contributed by atoms with Gasteiger partial charge in [-0.1, -0.05) is 61.4 Å². The van der Waals surface area contributed by atoms with Gasteiger partial charge in [0.05, 0.1) is 0 Å². The molecule has 7 heteroatoms. The summed E-state index contributed by atoms with van der Waals surface area (Å²) < 4.78 is 5.67. The Balaban J connectivity index is 1.39. The van der Waals surface area contributed by atoms with Gasteiger partial charge < -0.3 is 20.5 Å². The van der Waals surface area contributed by atoms with Gasteiger partial charge in [0.15, 0.2) is 0 Å². The molecule has 0 aliphatic heterocycles. The van der Waals surface area contributed by atoms with Crippen LogP contribution in [-0.4, -0.2) is 41.8 Å². The molecule has 2 atom stereocenters. The summed E-state index contributed by atoms with van der Waals surface area (Å²) in [5.41, 5.74) is 4.55. The maximum Gasteiger partial charge on any atom is 0.407 e.